The largest absolute Gasteiger partial charge is 0.481 e. The Morgan fingerprint density at radius 2 is 2.00 bits per heavy atom. The van der Waals surface area contributed by atoms with E-state index in [0.717, 1.165) is 19.4 Å². The highest BCUT2D eigenvalue weighted by Crippen LogP contribution is 2.23. The number of hydrogen-bond donors (Lipinski definition) is 2. The molecule has 0 radical (unpaired) electrons. The first-order valence-corrected chi connectivity index (χ1v) is 6.95. The number of amides is 2. The Kier molecular flexibility index (Phi) is 4.12. The molecule has 1 fully saturated rings. The molecule has 1 heterocycles. The number of aliphatic carboxylic acids is 1. The summed E-state index contributed by atoms with van der Waals surface area (Å²) in [6, 6.07) is 0.0321. The van der Waals surface area contributed by atoms with Crippen LogP contribution in [0.1, 0.15) is 33.1 Å². The Labute approximate surface area is 113 Å². The molecule has 0 aromatic rings. The van der Waals surface area contributed by atoms with Crippen LogP contribution in [0.2, 0.25) is 0 Å². The molecule has 19 heavy (non-hydrogen) atoms. The van der Waals surface area contributed by atoms with Crippen LogP contribution < -0.4 is 5.32 Å². The molecule has 0 saturated carbocycles. The number of rotatable bonds is 2. The van der Waals surface area contributed by atoms with Gasteiger partial charge in [-0.1, -0.05) is 19.1 Å². The average molecular weight is 266 g/mol. The van der Waals surface area contributed by atoms with Gasteiger partial charge in [0, 0.05) is 12.6 Å². The van der Waals surface area contributed by atoms with Crippen LogP contribution in [0.15, 0.2) is 12.2 Å². The van der Waals surface area contributed by atoms with Gasteiger partial charge in [0.1, 0.15) is 0 Å². The third kappa shape index (κ3) is 3.28. The number of hydrogen-bond acceptors (Lipinski definition) is 2. The molecular weight excluding hydrogens is 244 g/mol. The van der Waals surface area contributed by atoms with Gasteiger partial charge in [0.05, 0.1) is 12.0 Å². The number of urea groups is 1. The Balaban J connectivity index is 1.85. The van der Waals surface area contributed by atoms with Crippen LogP contribution in [0.25, 0.3) is 0 Å². The maximum Gasteiger partial charge on any atom is 0.318 e. The molecule has 4 atom stereocenters. The SMILES string of the molecule is CC1CCN(C(=O)NC2C=CC(C(=O)O)C2)C(C)C1. The molecule has 4 unspecified atom stereocenters. The Morgan fingerprint density at radius 3 is 2.58 bits per heavy atom. The fourth-order valence-electron chi connectivity index (χ4n) is 2.94. The number of carboxylic acids is 1. The lowest BCUT2D eigenvalue weighted by atomic mass is 9.94. The van der Waals surface area contributed by atoms with Gasteiger partial charge in [-0.25, -0.2) is 4.79 Å². The predicted octanol–water partition coefficient (Wildman–Crippen LogP) is 1.85. The summed E-state index contributed by atoms with van der Waals surface area (Å²) in [5.74, 6) is -0.626. The van der Waals surface area contributed by atoms with Crippen LogP contribution in [0.3, 0.4) is 0 Å². The number of piperidine rings is 1. The molecule has 2 amide bonds. The van der Waals surface area contributed by atoms with E-state index in [9.17, 15) is 9.59 Å². The summed E-state index contributed by atoms with van der Waals surface area (Å²) in [5.41, 5.74) is 0. The molecule has 0 spiro atoms. The zero-order chi connectivity index (χ0) is 14.0. The molecule has 1 aliphatic heterocycles. The summed E-state index contributed by atoms with van der Waals surface area (Å²) in [6.07, 6.45) is 5.98. The summed E-state index contributed by atoms with van der Waals surface area (Å²) in [7, 11) is 0. The van der Waals surface area contributed by atoms with Crippen molar-refractivity contribution >= 4 is 12.0 Å². The predicted molar refractivity (Wildman–Crippen MR) is 71.8 cm³/mol. The zero-order valence-corrected chi connectivity index (χ0v) is 11.5. The first-order valence-electron chi connectivity index (χ1n) is 6.95. The molecule has 0 aromatic heterocycles. The van der Waals surface area contributed by atoms with Crippen LogP contribution in [0, 0.1) is 11.8 Å². The van der Waals surface area contributed by atoms with Gasteiger partial charge < -0.3 is 15.3 Å². The number of nitrogens with zero attached hydrogens (tertiary/aromatic N) is 1. The minimum atomic E-state index is -0.826. The van der Waals surface area contributed by atoms with Crippen molar-refractivity contribution in [3.05, 3.63) is 12.2 Å². The smallest absolute Gasteiger partial charge is 0.318 e. The van der Waals surface area contributed by atoms with E-state index < -0.39 is 11.9 Å². The van der Waals surface area contributed by atoms with Crippen LogP contribution >= 0.6 is 0 Å². The molecule has 5 nitrogen and oxygen atoms in total. The van der Waals surface area contributed by atoms with Gasteiger partial charge in [0.25, 0.3) is 0 Å². The zero-order valence-electron chi connectivity index (χ0n) is 11.5. The van der Waals surface area contributed by atoms with Crippen LogP contribution in [-0.2, 0) is 4.79 Å². The molecule has 106 valence electrons. The van der Waals surface area contributed by atoms with E-state index in [1.807, 2.05) is 4.90 Å². The molecule has 5 heteroatoms. The number of carboxylic acid groups (broad SMARTS) is 1. The maximum atomic E-state index is 12.2. The monoisotopic (exact) mass is 266 g/mol. The van der Waals surface area contributed by atoms with Crippen LogP contribution in [0.5, 0.6) is 0 Å². The van der Waals surface area contributed by atoms with E-state index in [1.165, 1.54) is 0 Å². The van der Waals surface area contributed by atoms with E-state index in [-0.39, 0.29) is 18.1 Å². The molecule has 2 N–H and O–H groups in total. The molecule has 2 aliphatic rings. The van der Waals surface area contributed by atoms with E-state index >= 15 is 0 Å². The summed E-state index contributed by atoms with van der Waals surface area (Å²) >= 11 is 0. The molecule has 0 aromatic carbocycles. The number of carbonyl (C=O) groups is 2. The molecule has 2 rings (SSSR count). The highest BCUT2D eigenvalue weighted by Gasteiger charge is 2.30. The summed E-state index contributed by atoms with van der Waals surface area (Å²) < 4.78 is 0. The number of likely N-dealkylation sites (tertiary alicyclic amines) is 1. The maximum absolute atomic E-state index is 12.2. The van der Waals surface area contributed by atoms with Gasteiger partial charge in [-0.15, -0.1) is 0 Å². The Morgan fingerprint density at radius 1 is 1.26 bits per heavy atom. The minimum absolute atomic E-state index is 0.0694. The van der Waals surface area contributed by atoms with Crippen molar-refractivity contribution in [1.29, 1.82) is 0 Å². The van der Waals surface area contributed by atoms with Crippen LogP contribution in [-0.4, -0.2) is 40.6 Å². The van der Waals surface area contributed by atoms with Crippen molar-refractivity contribution in [2.24, 2.45) is 11.8 Å². The van der Waals surface area contributed by atoms with Crippen molar-refractivity contribution in [3.63, 3.8) is 0 Å². The van der Waals surface area contributed by atoms with E-state index in [4.69, 9.17) is 5.11 Å². The normalized spacial score (nSPS) is 34.3. The first-order chi connectivity index (χ1) is 8.97. The topological polar surface area (TPSA) is 69.6 Å². The first kappa shape index (κ1) is 13.9. The van der Waals surface area contributed by atoms with Crippen LogP contribution in [0.4, 0.5) is 4.79 Å². The Hall–Kier alpha value is -1.52. The van der Waals surface area contributed by atoms with Crippen molar-refractivity contribution in [2.75, 3.05) is 6.54 Å². The molecule has 0 bridgehead atoms. The lowest BCUT2D eigenvalue weighted by molar-refractivity contribution is -0.140. The highest BCUT2D eigenvalue weighted by atomic mass is 16.4. The van der Waals surface area contributed by atoms with Crippen molar-refractivity contribution in [2.45, 2.75) is 45.2 Å². The summed E-state index contributed by atoms with van der Waals surface area (Å²) in [6.45, 7) is 5.07. The van der Waals surface area contributed by atoms with Crippen molar-refractivity contribution < 1.29 is 14.7 Å². The summed E-state index contributed by atoms with van der Waals surface area (Å²) in [4.78, 5) is 24.9. The van der Waals surface area contributed by atoms with E-state index in [2.05, 4.69) is 19.2 Å². The number of carbonyl (C=O) groups excluding carboxylic acids is 1. The standard InChI is InChI=1S/C14H22N2O3/c1-9-5-6-16(10(2)7-9)14(19)15-12-4-3-11(8-12)13(17)18/h3-4,9-12H,5-8H2,1-2H3,(H,15,19)(H,17,18). The van der Waals surface area contributed by atoms with Gasteiger partial charge in [0.2, 0.25) is 0 Å². The third-order valence-corrected chi connectivity index (χ3v) is 4.11. The quantitative estimate of drug-likeness (QED) is 0.749. The van der Waals surface area contributed by atoms with Gasteiger partial charge in [-0.05, 0) is 32.1 Å². The van der Waals surface area contributed by atoms with Gasteiger partial charge in [-0.3, -0.25) is 4.79 Å². The average Bonchev–Trinajstić information content (AvgIpc) is 2.77. The lowest BCUT2D eigenvalue weighted by Crippen LogP contribution is -2.51. The second-order valence-corrected chi connectivity index (χ2v) is 5.79. The minimum Gasteiger partial charge on any atom is -0.481 e. The van der Waals surface area contributed by atoms with E-state index in [0.29, 0.717) is 12.3 Å². The van der Waals surface area contributed by atoms with Crippen molar-refractivity contribution in [3.8, 4) is 0 Å². The van der Waals surface area contributed by atoms with Crippen molar-refractivity contribution in [1.82, 2.24) is 10.2 Å². The third-order valence-electron chi connectivity index (χ3n) is 4.11. The fourth-order valence-corrected chi connectivity index (χ4v) is 2.94. The van der Waals surface area contributed by atoms with Gasteiger partial charge in [-0.2, -0.15) is 0 Å². The molecule has 1 saturated heterocycles. The fraction of sp³-hybridized carbons (Fsp3) is 0.714. The lowest BCUT2D eigenvalue weighted by Gasteiger charge is -2.37. The molecule has 1 aliphatic carbocycles. The van der Waals surface area contributed by atoms with Gasteiger partial charge >= 0.3 is 12.0 Å². The Bertz CT molecular complexity index is 394. The second kappa shape index (κ2) is 5.63. The second-order valence-electron chi connectivity index (χ2n) is 5.79. The molecular formula is C14H22N2O3. The van der Waals surface area contributed by atoms with Gasteiger partial charge in [0.15, 0.2) is 0 Å². The highest BCUT2D eigenvalue weighted by molar-refractivity contribution is 5.76. The summed E-state index contributed by atoms with van der Waals surface area (Å²) in [5, 5.41) is 11.8. The number of nitrogens with one attached hydrogen (secondary N) is 1. The van der Waals surface area contributed by atoms with E-state index in [1.54, 1.807) is 12.2 Å².